The quantitative estimate of drug-likeness (QED) is 0.0634. The van der Waals surface area contributed by atoms with Gasteiger partial charge in [-0.2, -0.15) is 0 Å². The number of nitrogens with zero attached hydrogens (tertiary/aromatic N) is 3. The van der Waals surface area contributed by atoms with Crippen molar-refractivity contribution in [3.05, 3.63) is 70.0 Å². The van der Waals surface area contributed by atoms with Gasteiger partial charge in [0.1, 0.15) is 5.10 Å². The number of aromatic amines is 1. The fourth-order valence-corrected chi connectivity index (χ4v) is 4.84. The smallest absolute Gasteiger partial charge is 0.266 e. The van der Waals surface area contributed by atoms with Gasteiger partial charge in [-0.25, -0.2) is 10.1 Å². The molecule has 13 heteroatoms. The zero-order chi connectivity index (χ0) is 27.7. The summed E-state index contributed by atoms with van der Waals surface area (Å²) in [5.41, 5.74) is 8.79. The van der Waals surface area contributed by atoms with Crippen molar-refractivity contribution in [1.29, 1.82) is 0 Å². The molecule has 0 bridgehead atoms. The van der Waals surface area contributed by atoms with Gasteiger partial charge in [0.05, 0.1) is 30.9 Å². The van der Waals surface area contributed by atoms with Crippen LogP contribution in [0.25, 0.3) is 33.0 Å². The van der Waals surface area contributed by atoms with Crippen LogP contribution in [0.2, 0.25) is 0 Å². The Labute approximate surface area is 221 Å². The molecule has 0 saturated heterocycles. The summed E-state index contributed by atoms with van der Waals surface area (Å²) in [5.74, 6) is -0.313. The molecule has 5 rings (SSSR count). The monoisotopic (exact) mass is 531 g/mol. The molecular formula is C26H25N7O6. The second-order valence-corrected chi connectivity index (χ2v) is 8.75. The highest BCUT2D eigenvalue weighted by molar-refractivity contribution is 6.50. The molecule has 1 aliphatic rings. The molecule has 5 N–H and O–H groups in total. The van der Waals surface area contributed by atoms with Crippen molar-refractivity contribution in [3.8, 4) is 11.5 Å². The number of ether oxygens (including phenoxy) is 2. The number of methoxy groups -OCH3 is 2. The van der Waals surface area contributed by atoms with Crippen LogP contribution in [0.1, 0.15) is 17.5 Å². The summed E-state index contributed by atoms with van der Waals surface area (Å²) in [6, 6.07) is 11.1. The Bertz CT molecular complexity index is 1700. The Morgan fingerprint density at radius 1 is 1.08 bits per heavy atom. The van der Waals surface area contributed by atoms with Gasteiger partial charge in [0.2, 0.25) is 0 Å². The Kier molecular flexibility index (Phi) is 6.63. The standard InChI is InChI=1S/C26H25N7O6/c1-38-20-10-15-17(13-32(19(15)11-21(20)39-2)9-5-8-28-26(27)31-33(36)37)23-22(24(34)30-25(23)35)16-12-29-18-7-4-3-6-14(16)18/h3-4,6-7,10-13,29H,5,8-9H2,1-2H3,(H3,27,28,31)(H,30,34,35). The summed E-state index contributed by atoms with van der Waals surface area (Å²) in [6.07, 6.45) is 4.05. The summed E-state index contributed by atoms with van der Waals surface area (Å²) in [4.78, 5) is 40.0. The van der Waals surface area contributed by atoms with Crippen molar-refractivity contribution >= 4 is 50.7 Å². The lowest BCUT2D eigenvalue weighted by atomic mass is 9.95. The number of guanidine groups is 1. The molecule has 200 valence electrons. The molecule has 3 heterocycles. The number of amides is 2. The predicted octanol–water partition coefficient (Wildman–Crippen LogP) is 2.19. The van der Waals surface area contributed by atoms with E-state index in [-0.39, 0.29) is 17.1 Å². The summed E-state index contributed by atoms with van der Waals surface area (Å²) in [7, 11) is 3.05. The highest BCUT2D eigenvalue weighted by Gasteiger charge is 2.35. The Morgan fingerprint density at radius 3 is 2.49 bits per heavy atom. The molecule has 2 amide bonds. The molecule has 0 radical (unpaired) electrons. The molecule has 1 aliphatic heterocycles. The molecule has 0 aliphatic carbocycles. The minimum atomic E-state index is -0.874. The number of nitro groups is 1. The predicted molar refractivity (Wildman–Crippen MR) is 145 cm³/mol. The number of carbonyl (C=O) groups is 2. The number of aromatic nitrogens is 2. The van der Waals surface area contributed by atoms with Gasteiger partial charge in [-0.15, -0.1) is 0 Å². The van der Waals surface area contributed by atoms with E-state index in [1.54, 1.807) is 24.5 Å². The first-order valence-corrected chi connectivity index (χ1v) is 12.0. The Hall–Kier alpha value is -5.33. The van der Waals surface area contributed by atoms with Crippen LogP contribution in [0.5, 0.6) is 11.5 Å². The van der Waals surface area contributed by atoms with E-state index in [2.05, 4.69) is 20.7 Å². The van der Waals surface area contributed by atoms with E-state index in [0.29, 0.717) is 47.5 Å². The fourth-order valence-electron chi connectivity index (χ4n) is 4.84. The Balaban J connectivity index is 1.63. The van der Waals surface area contributed by atoms with Crippen LogP contribution in [-0.2, 0) is 16.1 Å². The maximum Gasteiger partial charge on any atom is 0.266 e. The van der Waals surface area contributed by atoms with Crippen LogP contribution in [0, 0.1) is 10.1 Å². The van der Waals surface area contributed by atoms with Crippen LogP contribution in [0.3, 0.4) is 0 Å². The molecule has 0 unspecified atom stereocenters. The molecular weight excluding hydrogens is 506 g/mol. The van der Waals surface area contributed by atoms with Crippen LogP contribution >= 0.6 is 0 Å². The number of fused-ring (bicyclic) bond motifs is 2. The molecule has 39 heavy (non-hydrogen) atoms. The highest BCUT2D eigenvalue weighted by Crippen LogP contribution is 2.41. The number of aryl methyl sites for hydroxylation is 1. The van der Waals surface area contributed by atoms with Crippen LogP contribution < -0.4 is 25.8 Å². The molecule has 2 aromatic carbocycles. The first-order valence-electron chi connectivity index (χ1n) is 12.0. The molecule has 13 nitrogen and oxygen atoms in total. The van der Waals surface area contributed by atoms with Crippen molar-refractivity contribution in [2.75, 3.05) is 20.8 Å². The average molecular weight is 532 g/mol. The average Bonchev–Trinajstić information content (AvgIpc) is 3.57. The van der Waals surface area contributed by atoms with Gasteiger partial charge in [-0.05, 0) is 18.6 Å². The van der Waals surface area contributed by atoms with Crippen LogP contribution in [0.15, 0.2) is 53.9 Å². The number of carbonyl (C=O) groups excluding carboxylic acids is 2. The maximum absolute atomic E-state index is 13.2. The minimum Gasteiger partial charge on any atom is -0.493 e. The van der Waals surface area contributed by atoms with E-state index in [0.717, 1.165) is 16.4 Å². The number of H-pyrrole nitrogens is 1. The molecule has 0 saturated carbocycles. The highest BCUT2D eigenvalue weighted by atomic mass is 16.7. The van der Waals surface area contributed by atoms with Crippen molar-refractivity contribution in [2.24, 2.45) is 10.8 Å². The number of rotatable bonds is 9. The third kappa shape index (κ3) is 4.61. The lowest BCUT2D eigenvalue weighted by Gasteiger charge is -2.10. The maximum atomic E-state index is 13.2. The van der Waals surface area contributed by atoms with Gasteiger partial charge in [0.25, 0.3) is 17.8 Å². The lowest BCUT2D eigenvalue weighted by molar-refractivity contribution is -0.485. The number of hydrazone groups is 1. The molecule has 0 fully saturated rings. The summed E-state index contributed by atoms with van der Waals surface area (Å²) in [6.45, 7) is 0.768. The number of hydrogen-bond acceptors (Lipinski definition) is 6. The number of benzene rings is 2. The third-order valence-corrected chi connectivity index (χ3v) is 6.52. The van der Waals surface area contributed by atoms with Crippen molar-refractivity contribution in [1.82, 2.24) is 20.2 Å². The van der Waals surface area contributed by atoms with E-state index >= 15 is 0 Å². The lowest BCUT2D eigenvalue weighted by Crippen LogP contribution is -2.33. The van der Waals surface area contributed by atoms with Crippen molar-refractivity contribution < 1.29 is 24.1 Å². The normalized spacial score (nSPS) is 13.8. The van der Waals surface area contributed by atoms with Crippen LogP contribution in [0.4, 0.5) is 0 Å². The third-order valence-electron chi connectivity index (χ3n) is 6.52. The number of para-hydroxylation sites is 1. The van der Waals surface area contributed by atoms with Crippen molar-refractivity contribution in [2.45, 2.75) is 13.0 Å². The summed E-state index contributed by atoms with van der Waals surface area (Å²) in [5, 5.41) is 19.3. The van der Waals surface area contributed by atoms with Gasteiger partial charge in [-0.1, -0.05) is 18.2 Å². The number of nitrogens with two attached hydrogens (primary N) is 1. The van der Waals surface area contributed by atoms with E-state index in [1.165, 1.54) is 14.2 Å². The summed E-state index contributed by atoms with van der Waals surface area (Å²) >= 11 is 0. The number of hydrogen-bond donors (Lipinski definition) is 4. The molecule has 2 aromatic heterocycles. The SMILES string of the molecule is COc1cc2c(C3=C(c4c[nH]c5ccccc45)C(=O)NC3=O)cn(CCCNC(N)=N[N+](=O)[O-])c2cc1OC. The van der Waals surface area contributed by atoms with Gasteiger partial charge < -0.3 is 30.1 Å². The van der Waals surface area contributed by atoms with Gasteiger partial charge in [-0.3, -0.25) is 14.9 Å². The first-order chi connectivity index (χ1) is 18.8. The van der Waals surface area contributed by atoms with Crippen molar-refractivity contribution in [3.63, 3.8) is 0 Å². The number of imide groups is 1. The Morgan fingerprint density at radius 2 is 1.77 bits per heavy atom. The zero-order valence-electron chi connectivity index (χ0n) is 21.1. The van der Waals surface area contributed by atoms with E-state index in [4.69, 9.17) is 15.2 Å². The molecule has 0 atom stereocenters. The van der Waals surface area contributed by atoms with Gasteiger partial charge in [0, 0.05) is 59.0 Å². The van der Waals surface area contributed by atoms with E-state index in [9.17, 15) is 19.7 Å². The number of nitrogens with one attached hydrogen (secondary N) is 3. The van der Waals surface area contributed by atoms with E-state index in [1.807, 2.05) is 28.8 Å². The van der Waals surface area contributed by atoms with Crippen LogP contribution in [-0.4, -0.2) is 53.1 Å². The second-order valence-electron chi connectivity index (χ2n) is 8.75. The summed E-state index contributed by atoms with van der Waals surface area (Å²) < 4.78 is 12.9. The van der Waals surface area contributed by atoms with E-state index < -0.39 is 16.8 Å². The fraction of sp³-hybridized carbons (Fsp3) is 0.192. The zero-order valence-corrected chi connectivity index (χ0v) is 21.1. The molecule has 4 aromatic rings. The first kappa shape index (κ1) is 25.3. The molecule has 0 spiro atoms. The second kappa shape index (κ2) is 10.2. The largest absolute Gasteiger partial charge is 0.493 e. The topological polar surface area (TPSA) is 179 Å². The minimum absolute atomic E-state index is 0.251. The van der Waals surface area contributed by atoms with Gasteiger partial charge in [0.15, 0.2) is 16.5 Å². The van der Waals surface area contributed by atoms with Gasteiger partial charge >= 0.3 is 0 Å².